The highest BCUT2D eigenvalue weighted by molar-refractivity contribution is 5.71. The Balaban J connectivity index is 0.000000344. The van der Waals surface area contributed by atoms with E-state index in [2.05, 4.69) is 6.92 Å². The molecule has 0 bridgehead atoms. The quantitative estimate of drug-likeness (QED) is 0.821. The Morgan fingerprint density at radius 2 is 1.74 bits per heavy atom. The monoisotopic (exact) mass is 266 g/mol. The first-order valence-corrected chi connectivity index (χ1v) is 6.95. The average Bonchev–Trinajstić information content (AvgIpc) is 2.39. The smallest absolute Gasteiger partial charge is 0.308 e. The summed E-state index contributed by atoms with van der Waals surface area (Å²) in [5, 5.41) is 8.92. The van der Waals surface area contributed by atoms with E-state index >= 15 is 0 Å². The summed E-state index contributed by atoms with van der Waals surface area (Å²) in [6, 6.07) is 7.37. The number of hydrogen-bond donors (Lipinski definition) is 1. The van der Waals surface area contributed by atoms with Crippen LogP contribution in [0.25, 0.3) is 0 Å². The fourth-order valence-corrected chi connectivity index (χ4v) is 1.32. The van der Waals surface area contributed by atoms with E-state index in [9.17, 15) is 4.79 Å². The maximum atomic E-state index is 10.7. The van der Waals surface area contributed by atoms with Gasteiger partial charge in [-0.2, -0.15) is 0 Å². The van der Waals surface area contributed by atoms with Crippen LogP contribution in [0.5, 0.6) is 5.75 Å². The van der Waals surface area contributed by atoms with E-state index in [0.29, 0.717) is 12.4 Å². The molecule has 1 aromatic rings. The van der Waals surface area contributed by atoms with E-state index in [0.717, 1.165) is 19.3 Å². The number of benzene rings is 1. The second-order valence-corrected chi connectivity index (χ2v) is 4.74. The molecule has 0 saturated heterocycles. The SMILES string of the molecule is CCCOC(=O)C(C)C.CCCc1ccc(O)cc1. The molecular weight excluding hydrogens is 240 g/mol. The van der Waals surface area contributed by atoms with Crippen molar-refractivity contribution in [2.75, 3.05) is 6.61 Å². The number of ether oxygens (including phenoxy) is 1. The summed E-state index contributed by atoms with van der Waals surface area (Å²) in [4.78, 5) is 10.7. The van der Waals surface area contributed by atoms with Crippen molar-refractivity contribution in [3.63, 3.8) is 0 Å². The fraction of sp³-hybridized carbons (Fsp3) is 0.562. The fourth-order valence-electron chi connectivity index (χ4n) is 1.32. The summed E-state index contributed by atoms with van der Waals surface area (Å²) >= 11 is 0. The van der Waals surface area contributed by atoms with Gasteiger partial charge in [0.1, 0.15) is 5.75 Å². The molecule has 0 radical (unpaired) electrons. The van der Waals surface area contributed by atoms with E-state index in [1.807, 2.05) is 32.9 Å². The largest absolute Gasteiger partial charge is 0.508 e. The molecule has 0 amide bonds. The van der Waals surface area contributed by atoms with Crippen molar-refractivity contribution >= 4 is 5.97 Å². The van der Waals surface area contributed by atoms with Crippen LogP contribution in [0.4, 0.5) is 0 Å². The van der Waals surface area contributed by atoms with Gasteiger partial charge < -0.3 is 9.84 Å². The molecule has 0 spiro atoms. The standard InChI is InChI=1S/C9H12O.C7H14O2/c1-2-3-8-4-6-9(10)7-5-8;1-4-5-9-7(8)6(2)3/h4-7,10H,2-3H2,1H3;6H,4-5H2,1-3H3. The lowest BCUT2D eigenvalue weighted by Crippen LogP contribution is -2.11. The second-order valence-electron chi connectivity index (χ2n) is 4.74. The van der Waals surface area contributed by atoms with Gasteiger partial charge in [0.25, 0.3) is 0 Å². The summed E-state index contributed by atoms with van der Waals surface area (Å²) in [5.74, 6) is 0.258. The van der Waals surface area contributed by atoms with Crippen LogP contribution in [-0.4, -0.2) is 17.7 Å². The Hall–Kier alpha value is -1.51. The zero-order chi connectivity index (χ0) is 14.7. The highest BCUT2D eigenvalue weighted by atomic mass is 16.5. The van der Waals surface area contributed by atoms with Gasteiger partial charge in [0, 0.05) is 0 Å². The summed E-state index contributed by atoms with van der Waals surface area (Å²) < 4.78 is 4.81. The van der Waals surface area contributed by atoms with E-state index in [1.54, 1.807) is 12.1 Å². The number of phenols is 1. The maximum absolute atomic E-state index is 10.7. The lowest BCUT2D eigenvalue weighted by Gasteiger charge is -2.03. The molecule has 0 aliphatic carbocycles. The van der Waals surface area contributed by atoms with E-state index in [1.165, 1.54) is 5.56 Å². The number of hydrogen-bond acceptors (Lipinski definition) is 3. The number of phenolic OH excluding ortho intramolecular Hbond substituents is 1. The minimum Gasteiger partial charge on any atom is -0.508 e. The van der Waals surface area contributed by atoms with Crippen LogP contribution in [0.2, 0.25) is 0 Å². The zero-order valence-corrected chi connectivity index (χ0v) is 12.5. The molecule has 3 nitrogen and oxygen atoms in total. The Kier molecular flexibility index (Phi) is 9.59. The van der Waals surface area contributed by atoms with Crippen molar-refractivity contribution in [3.05, 3.63) is 29.8 Å². The predicted octanol–water partition coefficient (Wildman–Crippen LogP) is 3.94. The van der Waals surface area contributed by atoms with Crippen LogP contribution in [0.15, 0.2) is 24.3 Å². The molecule has 19 heavy (non-hydrogen) atoms. The summed E-state index contributed by atoms with van der Waals surface area (Å²) in [6.45, 7) is 8.34. The summed E-state index contributed by atoms with van der Waals surface area (Å²) in [5.41, 5.74) is 1.29. The molecule has 0 saturated carbocycles. The molecule has 0 aromatic heterocycles. The van der Waals surface area contributed by atoms with Crippen molar-refractivity contribution in [2.45, 2.75) is 47.0 Å². The van der Waals surface area contributed by atoms with E-state index in [-0.39, 0.29) is 11.9 Å². The van der Waals surface area contributed by atoms with Gasteiger partial charge in [0.2, 0.25) is 0 Å². The summed E-state index contributed by atoms with van der Waals surface area (Å²) in [6.07, 6.45) is 3.16. The van der Waals surface area contributed by atoms with Crippen molar-refractivity contribution in [1.29, 1.82) is 0 Å². The molecular formula is C16H26O3. The van der Waals surface area contributed by atoms with Crippen LogP contribution in [-0.2, 0) is 16.0 Å². The number of rotatable bonds is 5. The molecule has 1 rings (SSSR count). The number of aryl methyl sites for hydroxylation is 1. The Morgan fingerprint density at radius 1 is 1.16 bits per heavy atom. The molecule has 0 atom stereocenters. The molecule has 0 unspecified atom stereocenters. The van der Waals surface area contributed by atoms with Crippen LogP contribution in [0.3, 0.4) is 0 Å². The molecule has 1 N–H and O–H groups in total. The third kappa shape index (κ3) is 9.11. The van der Waals surface area contributed by atoms with Gasteiger partial charge >= 0.3 is 5.97 Å². The third-order valence-corrected chi connectivity index (χ3v) is 2.39. The Morgan fingerprint density at radius 3 is 2.16 bits per heavy atom. The van der Waals surface area contributed by atoms with Crippen molar-refractivity contribution in [3.8, 4) is 5.75 Å². The number of carbonyl (C=O) groups excluding carboxylic acids is 1. The van der Waals surface area contributed by atoms with Gasteiger partial charge in [-0.05, 0) is 30.5 Å². The molecule has 3 heteroatoms. The second kappa shape index (κ2) is 10.4. The highest BCUT2D eigenvalue weighted by Gasteiger charge is 2.05. The Labute approximate surface area is 116 Å². The van der Waals surface area contributed by atoms with Crippen molar-refractivity contribution in [1.82, 2.24) is 0 Å². The molecule has 0 aliphatic heterocycles. The molecule has 1 aromatic carbocycles. The predicted molar refractivity (Wildman–Crippen MR) is 78.2 cm³/mol. The third-order valence-electron chi connectivity index (χ3n) is 2.39. The highest BCUT2D eigenvalue weighted by Crippen LogP contribution is 2.10. The van der Waals surface area contributed by atoms with Crippen molar-refractivity contribution in [2.24, 2.45) is 5.92 Å². The van der Waals surface area contributed by atoms with Crippen molar-refractivity contribution < 1.29 is 14.6 Å². The lowest BCUT2D eigenvalue weighted by atomic mass is 10.1. The first-order chi connectivity index (χ1) is 9.01. The first-order valence-electron chi connectivity index (χ1n) is 6.95. The minimum atomic E-state index is -0.100. The van der Waals surface area contributed by atoms with Gasteiger partial charge in [-0.3, -0.25) is 4.79 Å². The maximum Gasteiger partial charge on any atom is 0.308 e. The number of aromatic hydroxyl groups is 1. The van der Waals surface area contributed by atoms with Crippen LogP contribution in [0.1, 0.15) is 46.1 Å². The van der Waals surface area contributed by atoms with Gasteiger partial charge in [0.05, 0.1) is 12.5 Å². The summed E-state index contributed by atoms with van der Waals surface area (Å²) in [7, 11) is 0. The topological polar surface area (TPSA) is 46.5 Å². The van der Waals surface area contributed by atoms with Crippen LogP contribution >= 0.6 is 0 Å². The molecule has 108 valence electrons. The zero-order valence-electron chi connectivity index (χ0n) is 12.5. The number of carbonyl (C=O) groups is 1. The van der Waals surface area contributed by atoms with Gasteiger partial charge in [0.15, 0.2) is 0 Å². The lowest BCUT2D eigenvalue weighted by molar-refractivity contribution is -0.147. The molecule has 0 heterocycles. The molecule has 0 aliphatic rings. The first kappa shape index (κ1) is 17.5. The van der Waals surface area contributed by atoms with Crippen LogP contribution < -0.4 is 0 Å². The van der Waals surface area contributed by atoms with E-state index in [4.69, 9.17) is 9.84 Å². The van der Waals surface area contributed by atoms with Gasteiger partial charge in [-0.1, -0.05) is 46.2 Å². The van der Waals surface area contributed by atoms with Gasteiger partial charge in [-0.15, -0.1) is 0 Å². The van der Waals surface area contributed by atoms with E-state index < -0.39 is 0 Å². The Bertz CT molecular complexity index is 342. The minimum absolute atomic E-state index is 0.0107. The number of esters is 1. The van der Waals surface area contributed by atoms with Crippen LogP contribution in [0, 0.1) is 5.92 Å². The van der Waals surface area contributed by atoms with Gasteiger partial charge in [-0.25, -0.2) is 0 Å². The average molecular weight is 266 g/mol. The normalized spacial score (nSPS) is 9.74. The molecule has 0 fully saturated rings.